The van der Waals surface area contributed by atoms with Crippen LogP contribution in [-0.4, -0.2) is 38.4 Å². The molecule has 0 aliphatic carbocycles. The lowest BCUT2D eigenvalue weighted by Crippen LogP contribution is -2.21. The number of hydrogen-bond acceptors (Lipinski definition) is 6. The zero-order valence-corrected chi connectivity index (χ0v) is 17.2. The number of urea groups is 1. The molecule has 3 N–H and O–H groups in total. The minimum atomic E-state index is -4.33. The van der Waals surface area contributed by atoms with E-state index in [2.05, 4.69) is 15.4 Å². The molecule has 0 heterocycles. The topological polar surface area (TPSA) is 122 Å². The minimum absolute atomic E-state index is 0.0981. The highest BCUT2D eigenvalue weighted by Crippen LogP contribution is 2.38. The molecule has 0 aliphatic heterocycles. The molecule has 8 nitrogen and oxygen atoms in total. The summed E-state index contributed by atoms with van der Waals surface area (Å²) < 4.78 is 29.0. The van der Waals surface area contributed by atoms with Crippen molar-refractivity contribution in [3.05, 3.63) is 45.4 Å². The normalized spacial score (nSPS) is 11.0. The Balaban J connectivity index is 2.31. The summed E-state index contributed by atoms with van der Waals surface area (Å²) in [5.41, 5.74) is -0.0675. The van der Waals surface area contributed by atoms with Gasteiger partial charge in [0.25, 0.3) is 0 Å². The fraction of sp³-hybridized carbons (Fsp3) is 0.125. The Morgan fingerprint density at radius 1 is 1.04 bits per heavy atom. The van der Waals surface area contributed by atoms with E-state index >= 15 is 0 Å². The van der Waals surface area contributed by atoms with Gasteiger partial charge in [-0.2, -0.15) is 0 Å². The first-order chi connectivity index (χ1) is 13.1. The molecule has 2 aromatic rings. The third-order valence-corrected chi connectivity index (χ3v) is 6.27. The molecule has 2 aromatic carbocycles. The molecular formula is C16H13Cl3N2O6S. The quantitative estimate of drug-likeness (QED) is 0.452. The van der Waals surface area contributed by atoms with Crippen LogP contribution in [0.3, 0.4) is 0 Å². The molecule has 12 heteroatoms. The number of ether oxygens (including phenoxy) is 1. The fourth-order valence-electron chi connectivity index (χ4n) is 2.11. The Bertz CT molecular complexity index is 1040. The van der Waals surface area contributed by atoms with Crippen LogP contribution in [0, 0.1) is 0 Å². The van der Waals surface area contributed by atoms with Crippen molar-refractivity contribution in [3.63, 3.8) is 0 Å². The van der Waals surface area contributed by atoms with Crippen molar-refractivity contribution in [2.24, 2.45) is 0 Å². The van der Waals surface area contributed by atoms with Gasteiger partial charge in [0.1, 0.15) is 4.90 Å². The average molecular weight is 468 g/mol. The molecule has 0 spiro atoms. The molecule has 0 unspecified atom stereocenters. The summed E-state index contributed by atoms with van der Waals surface area (Å²) >= 11 is 17.7. The molecule has 2 amide bonds. The number of phenolic OH excluding ortho intramolecular Hbond substituents is 1. The van der Waals surface area contributed by atoms with E-state index in [1.807, 2.05) is 0 Å². The standard InChI is InChI=1S/C16H13Cl3N2O6S/c1-27-12(22)7-28(25,26)15-9(18)5-6-11(14(15)23)21-16(24)20-10-4-2-3-8(17)13(10)19/h2-6,23H,7H2,1H3,(H2,20,21,24). The highest BCUT2D eigenvalue weighted by Gasteiger charge is 2.28. The lowest BCUT2D eigenvalue weighted by molar-refractivity contribution is -0.137. The summed E-state index contributed by atoms with van der Waals surface area (Å²) in [5.74, 6) is -2.91. The molecule has 0 saturated carbocycles. The Kier molecular flexibility index (Phi) is 7.00. The number of amides is 2. The predicted molar refractivity (Wildman–Crippen MR) is 106 cm³/mol. The van der Waals surface area contributed by atoms with Crippen molar-refractivity contribution in [3.8, 4) is 5.75 Å². The van der Waals surface area contributed by atoms with E-state index in [0.717, 1.165) is 13.2 Å². The van der Waals surface area contributed by atoms with Crippen LogP contribution in [0.15, 0.2) is 35.2 Å². The Morgan fingerprint density at radius 3 is 2.32 bits per heavy atom. The molecule has 2 rings (SSSR count). The van der Waals surface area contributed by atoms with E-state index in [1.165, 1.54) is 18.2 Å². The van der Waals surface area contributed by atoms with Crippen LogP contribution in [-0.2, 0) is 19.4 Å². The molecule has 0 fully saturated rings. The first-order valence-electron chi connectivity index (χ1n) is 7.40. The zero-order chi connectivity index (χ0) is 21.1. The van der Waals surface area contributed by atoms with Crippen LogP contribution in [0.25, 0.3) is 0 Å². The molecule has 0 radical (unpaired) electrons. The van der Waals surface area contributed by atoms with Crippen molar-refractivity contribution >= 4 is 68.0 Å². The number of benzene rings is 2. The lowest BCUT2D eigenvalue weighted by atomic mass is 10.3. The summed E-state index contributed by atoms with van der Waals surface area (Å²) in [7, 11) is -3.31. The number of phenols is 1. The second-order valence-corrected chi connectivity index (χ2v) is 8.41. The lowest BCUT2D eigenvalue weighted by Gasteiger charge is -2.14. The smallest absolute Gasteiger partial charge is 0.323 e. The van der Waals surface area contributed by atoms with Gasteiger partial charge in [0.15, 0.2) is 21.3 Å². The molecular weight excluding hydrogens is 455 g/mol. The molecule has 0 aliphatic rings. The molecule has 0 atom stereocenters. The SMILES string of the molecule is COC(=O)CS(=O)(=O)c1c(Cl)ccc(NC(=O)Nc2cccc(Cl)c2Cl)c1O. The molecule has 0 saturated heterocycles. The summed E-state index contributed by atoms with van der Waals surface area (Å²) in [6, 6.07) is 6.07. The number of carbonyl (C=O) groups excluding carboxylic acids is 2. The van der Waals surface area contributed by atoms with Crippen LogP contribution in [0.5, 0.6) is 5.75 Å². The maximum Gasteiger partial charge on any atom is 0.323 e. The third-order valence-electron chi connectivity index (χ3n) is 3.38. The van der Waals surface area contributed by atoms with Gasteiger partial charge in [0.05, 0.1) is 33.6 Å². The van der Waals surface area contributed by atoms with Gasteiger partial charge in [0, 0.05) is 0 Å². The minimum Gasteiger partial charge on any atom is -0.504 e. The first kappa shape index (κ1) is 22.1. The van der Waals surface area contributed by atoms with Gasteiger partial charge in [-0.3, -0.25) is 4.79 Å². The Labute approximate surface area is 175 Å². The zero-order valence-electron chi connectivity index (χ0n) is 14.1. The predicted octanol–water partition coefficient (Wildman–Crippen LogP) is 3.94. The number of halogens is 3. The number of esters is 1. The number of sulfone groups is 1. The number of methoxy groups -OCH3 is 1. The van der Waals surface area contributed by atoms with Crippen LogP contribution in [0.4, 0.5) is 16.2 Å². The van der Waals surface area contributed by atoms with Crippen molar-refractivity contribution in [1.29, 1.82) is 0 Å². The van der Waals surface area contributed by atoms with E-state index in [-0.39, 0.29) is 26.4 Å². The van der Waals surface area contributed by atoms with E-state index in [1.54, 1.807) is 6.07 Å². The number of hydrogen-bond donors (Lipinski definition) is 3. The number of anilines is 2. The summed E-state index contributed by atoms with van der Waals surface area (Å²) in [5, 5.41) is 15.0. The highest BCUT2D eigenvalue weighted by atomic mass is 35.5. The number of carbonyl (C=O) groups is 2. The number of nitrogens with one attached hydrogen (secondary N) is 2. The van der Waals surface area contributed by atoms with Gasteiger partial charge < -0.3 is 20.5 Å². The summed E-state index contributed by atoms with van der Waals surface area (Å²) in [6.45, 7) is 0. The number of rotatable bonds is 5. The summed E-state index contributed by atoms with van der Waals surface area (Å²) in [4.78, 5) is 22.8. The fourth-order valence-corrected chi connectivity index (χ4v) is 4.30. The molecule has 150 valence electrons. The maximum absolute atomic E-state index is 12.3. The second kappa shape index (κ2) is 8.87. The largest absolute Gasteiger partial charge is 0.504 e. The third kappa shape index (κ3) is 4.99. The van der Waals surface area contributed by atoms with Crippen molar-refractivity contribution in [2.75, 3.05) is 23.5 Å². The first-order valence-corrected chi connectivity index (χ1v) is 10.2. The van der Waals surface area contributed by atoms with E-state index in [4.69, 9.17) is 34.8 Å². The van der Waals surface area contributed by atoms with Crippen LogP contribution in [0.1, 0.15) is 0 Å². The Morgan fingerprint density at radius 2 is 1.68 bits per heavy atom. The van der Waals surface area contributed by atoms with E-state index in [0.29, 0.717) is 0 Å². The van der Waals surface area contributed by atoms with Crippen molar-refractivity contribution < 1.29 is 27.9 Å². The van der Waals surface area contributed by atoms with E-state index < -0.39 is 38.2 Å². The van der Waals surface area contributed by atoms with Gasteiger partial charge in [-0.25, -0.2) is 13.2 Å². The molecule has 28 heavy (non-hydrogen) atoms. The van der Waals surface area contributed by atoms with Gasteiger partial charge in [-0.05, 0) is 24.3 Å². The summed E-state index contributed by atoms with van der Waals surface area (Å²) in [6.07, 6.45) is 0. The van der Waals surface area contributed by atoms with Gasteiger partial charge >= 0.3 is 12.0 Å². The maximum atomic E-state index is 12.3. The van der Waals surface area contributed by atoms with E-state index in [9.17, 15) is 23.1 Å². The van der Waals surface area contributed by atoms with Gasteiger partial charge in [-0.1, -0.05) is 40.9 Å². The van der Waals surface area contributed by atoms with Crippen molar-refractivity contribution in [1.82, 2.24) is 0 Å². The molecule has 0 bridgehead atoms. The van der Waals surface area contributed by atoms with Crippen LogP contribution in [0.2, 0.25) is 15.1 Å². The molecule has 0 aromatic heterocycles. The monoisotopic (exact) mass is 466 g/mol. The highest BCUT2D eigenvalue weighted by molar-refractivity contribution is 7.92. The Hall–Kier alpha value is -2.20. The van der Waals surface area contributed by atoms with Crippen LogP contribution >= 0.6 is 34.8 Å². The number of aromatic hydroxyl groups is 1. The van der Waals surface area contributed by atoms with Gasteiger partial charge in [0.2, 0.25) is 0 Å². The van der Waals surface area contributed by atoms with Crippen LogP contribution < -0.4 is 10.6 Å². The average Bonchev–Trinajstić information content (AvgIpc) is 2.60. The van der Waals surface area contributed by atoms with Crippen molar-refractivity contribution in [2.45, 2.75) is 4.90 Å². The van der Waals surface area contributed by atoms with Gasteiger partial charge in [-0.15, -0.1) is 0 Å². The second-order valence-electron chi connectivity index (χ2n) is 5.29.